The second-order valence-corrected chi connectivity index (χ2v) is 5.40. The van der Waals surface area contributed by atoms with Gasteiger partial charge < -0.3 is 5.11 Å². The number of carboxylic acids is 1. The first-order valence-electron chi connectivity index (χ1n) is 5.74. The number of anilines is 1. The molecule has 2 rings (SSSR count). The fourth-order valence-electron chi connectivity index (χ4n) is 1.77. The Balaban J connectivity index is 2.20. The Hall–Kier alpha value is -1.92. The van der Waals surface area contributed by atoms with Crippen LogP contribution < -0.4 is 4.90 Å². The average Bonchev–Trinajstić information content (AvgIpc) is 2.81. The van der Waals surface area contributed by atoms with Crippen molar-refractivity contribution in [2.75, 3.05) is 11.4 Å². The highest BCUT2D eigenvalue weighted by Gasteiger charge is 2.37. The van der Waals surface area contributed by atoms with Gasteiger partial charge in [-0.25, -0.2) is 9.67 Å². The third kappa shape index (κ3) is 2.20. The molecule has 1 fully saturated rings. The molecule has 0 radical (unpaired) electrons. The predicted octanol–water partition coefficient (Wildman–Crippen LogP) is 0.471. The summed E-state index contributed by atoms with van der Waals surface area (Å²) in [4.78, 5) is 28.0. The smallest absolute Gasteiger partial charge is 0.308 e. The van der Waals surface area contributed by atoms with Gasteiger partial charge in [0.25, 0.3) is 5.95 Å². The summed E-state index contributed by atoms with van der Waals surface area (Å²) in [5.41, 5.74) is -0.222. The highest BCUT2D eigenvalue weighted by atomic mass is 16.4. The molecule has 0 aromatic carbocycles. The molecule has 7 heteroatoms. The monoisotopic (exact) mass is 252 g/mol. The first-order chi connectivity index (χ1) is 8.29. The normalized spacial score (nSPS) is 20.5. The highest BCUT2D eigenvalue weighted by molar-refractivity contribution is 5.97. The molecule has 1 aliphatic heterocycles. The van der Waals surface area contributed by atoms with Crippen LogP contribution in [0.3, 0.4) is 0 Å². The molecular weight excluding hydrogens is 236 g/mol. The molecule has 1 amide bonds. The van der Waals surface area contributed by atoms with Gasteiger partial charge in [-0.05, 0) is 20.8 Å². The van der Waals surface area contributed by atoms with Crippen LogP contribution in [-0.2, 0) is 15.1 Å². The number of nitrogens with zero attached hydrogens (tertiary/aromatic N) is 4. The van der Waals surface area contributed by atoms with E-state index in [0.717, 1.165) is 0 Å². The molecular formula is C11H16N4O3. The Morgan fingerprint density at radius 2 is 2.17 bits per heavy atom. The minimum absolute atomic E-state index is 0.0133. The van der Waals surface area contributed by atoms with Gasteiger partial charge in [-0.3, -0.25) is 14.5 Å². The van der Waals surface area contributed by atoms with Gasteiger partial charge in [0, 0.05) is 13.0 Å². The van der Waals surface area contributed by atoms with E-state index in [1.165, 1.54) is 4.90 Å². The number of aromatic nitrogens is 3. The highest BCUT2D eigenvalue weighted by Crippen LogP contribution is 2.23. The molecule has 1 N–H and O–H groups in total. The summed E-state index contributed by atoms with van der Waals surface area (Å²) >= 11 is 0. The molecule has 0 saturated carbocycles. The maximum Gasteiger partial charge on any atom is 0.308 e. The Morgan fingerprint density at radius 3 is 2.61 bits per heavy atom. The predicted molar refractivity (Wildman–Crippen MR) is 63.1 cm³/mol. The minimum Gasteiger partial charge on any atom is -0.481 e. The van der Waals surface area contributed by atoms with Crippen molar-refractivity contribution < 1.29 is 14.7 Å². The molecule has 0 spiro atoms. The zero-order valence-electron chi connectivity index (χ0n) is 10.6. The zero-order chi connectivity index (χ0) is 13.5. The van der Waals surface area contributed by atoms with Crippen molar-refractivity contribution in [3.05, 3.63) is 6.33 Å². The second-order valence-electron chi connectivity index (χ2n) is 5.40. The Labute approximate surface area is 104 Å². The van der Waals surface area contributed by atoms with E-state index in [9.17, 15) is 9.59 Å². The van der Waals surface area contributed by atoms with Crippen LogP contribution in [0.25, 0.3) is 0 Å². The number of hydrogen-bond donors (Lipinski definition) is 1. The lowest BCUT2D eigenvalue weighted by molar-refractivity contribution is -0.141. The van der Waals surface area contributed by atoms with Gasteiger partial charge in [-0.15, -0.1) is 5.10 Å². The van der Waals surface area contributed by atoms with E-state index in [2.05, 4.69) is 10.1 Å². The lowest BCUT2D eigenvalue weighted by atomic mass is 10.1. The summed E-state index contributed by atoms with van der Waals surface area (Å²) in [6.07, 6.45) is 1.57. The second kappa shape index (κ2) is 4.08. The number of carbonyl (C=O) groups excluding carboxylic acids is 1. The first-order valence-corrected chi connectivity index (χ1v) is 5.74. The van der Waals surface area contributed by atoms with Crippen LogP contribution in [-0.4, -0.2) is 38.3 Å². The van der Waals surface area contributed by atoms with Gasteiger partial charge in [-0.2, -0.15) is 0 Å². The van der Waals surface area contributed by atoms with Crippen molar-refractivity contribution in [2.24, 2.45) is 5.92 Å². The SMILES string of the molecule is CC(C)(C)n1cnc(N2CC(C(=O)O)CC2=O)n1. The largest absolute Gasteiger partial charge is 0.481 e. The van der Waals surface area contributed by atoms with Crippen LogP contribution >= 0.6 is 0 Å². The molecule has 1 aromatic rings. The summed E-state index contributed by atoms with van der Waals surface area (Å²) in [7, 11) is 0. The van der Waals surface area contributed by atoms with Gasteiger partial charge >= 0.3 is 5.97 Å². The number of rotatable bonds is 2. The van der Waals surface area contributed by atoms with Crippen LogP contribution in [0.2, 0.25) is 0 Å². The van der Waals surface area contributed by atoms with Gasteiger partial charge in [0.15, 0.2) is 0 Å². The van der Waals surface area contributed by atoms with E-state index < -0.39 is 11.9 Å². The van der Waals surface area contributed by atoms with Crippen LogP contribution in [0.1, 0.15) is 27.2 Å². The molecule has 2 heterocycles. The standard InChI is InChI=1S/C11H16N4O3/c1-11(2,3)15-6-12-10(13-15)14-5-7(9(17)18)4-8(14)16/h6-7H,4-5H2,1-3H3,(H,17,18). The molecule has 1 aliphatic rings. The number of carboxylic acid groups (broad SMARTS) is 1. The number of hydrogen-bond acceptors (Lipinski definition) is 4. The molecule has 1 atom stereocenters. The molecule has 0 aliphatic carbocycles. The average molecular weight is 252 g/mol. The summed E-state index contributed by atoms with van der Waals surface area (Å²) in [6.45, 7) is 6.05. The van der Waals surface area contributed by atoms with E-state index in [-0.39, 0.29) is 30.4 Å². The zero-order valence-corrected chi connectivity index (χ0v) is 10.6. The van der Waals surface area contributed by atoms with Crippen molar-refractivity contribution in [3.63, 3.8) is 0 Å². The Kier molecular flexibility index (Phi) is 2.84. The molecule has 1 saturated heterocycles. The summed E-state index contributed by atoms with van der Waals surface area (Å²) in [6, 6.07) is 0. The van der Waals surface area contributed by atoms with E-state index in [1.54, 1.807) is 11.0 Å². The van der Waals surface area contributed by atoms with Gasteiger partial charge in [0.1, 0.15) is 6.33 Å². The van der Waals surface area contributed by atoms with Crippen molar-refractivity contribution >= 4 is 17.8 Å². The van der Waals surface area contributed by atoms with Crippen LogP contribution in [0.4, 0.5) is 5.95 Å². The van der Waals surface area contributed by atoms with E-state index in [0.29, 0.717) is 0 Å². The quantitative estimate of drug-likeness (QED) is 0.826. The lowest BCUT2D eigenvalue weighted by Crippen LogP contribution is -2.28. The van der Waals surface area contributed by atoms with Gasteiger partial charge in [-0.1, -0.05) is 0 Å². The van der Waals surface area contributed by atoms with Gasteiger partial charge in [0.2, 0.25) is 5.91 Å². The lowest BCUT2D eigenvalue weighted by Gasteiger charge is -2.18. The van der Waals surface area contributed by atoms with Crippen LogP contribution in [0.5, 0.6) is 0 Å². The van der Waals surface area contributed by atoms with Crippen molar-refractivity contribution in [1.82, 2.24) is 14.8 Å². The third-order valence-electron chi connectivity index (χ3n) is 2.88. The van der Waals surface area contributed by atoms with Crippen molar-refractivity contribution in [1.29, 1.82) is 0 Å². The molecule has 18 heavy (non-hydrogen) atoms. The van der Waals surface area contributed by atoms with E-state index in [4.69, 9.17) is 5.11 Å². The minimum atomic E-state index is -0.957. The number of carbonyl (C=O) groups is 2. The van der Waals surface area contributed by atoms with E-state index in [1.807, 2.05) is 20.8 Å². The Bertz CT molecular complexity index is 489. The molecule has 98 valence electrons. The number of aliphatic carboxylic acids is 1. The van der Waals surface area contributed by atoms with Crippen molar-refractivity contribution in [3.8, 4) is 0 Å². The molecule has 1 aromatic heterocycles. The maximum atomic E-state index is 11.7. The Morgan fingerprint density at radius 1 is 1.50 bits per heavy atom. The maximum absolute atomic E-state index is 11.7. The van der Waals surface area contributed by atoms with Crippen molar-refractivity contribution in [2.45, 2.75) is 32.7 Å². The fourth-order valence-corrected chi connectivity index (χ4v) is 1.77. The summed E-state index contributed by atoms with van der Waals surface area (Å²) in [5.74, 6) is -1.59. The van der Waals surface area contributed by atoms with Gasteiger partial charge in [0.05, 0.1) is 11.5 Å². The molecule has 7 nitrogen and oxygen atoms in total. The summed E-state index contributed by atoms with van der Waals surface area (Å²) < 4.78 is 1.66. The van der Waals surface area contributed by atoms with Crippen LogP contribution in [0, 0.1) is 5.92 Å². The number of amides is 1. The summed E-state index contributed by atoms with van der Waals surface area (Å²) in [5, 5.41) is 13.1. The fraction of sp³-hybridized carbons (Fsp3) is 0.636. The van der Waals surface area contributed by atoms with Crippen LogP contribution in [0.15, 0.2) is 6.33 Å². The third-order valence-corrected chi connectivity index (χ3v) is 2.88. The topological polar surface area (TPSA) is 88.3 Å². The first kappa shape index (κ1) is 12.5. The molecule has 0 bridgehead atoms. The molecule has 1 unspecified atom stereocenters. The van der Waals surface area contributed by atoms with E-state index >= 15 is 0 Å².